The summed E-state index contributed by atoms with van der Waals surface area (Å²) in [6, 6.07) is 10.5. The van der Waals surface area contributed by atoms with E-state index < -0.39 is 0 Å². The van der Waals surface area contributed by atoms with Crippen LogP contribution >= 0.6 is 23.2 Å². The van der Waals surface area contributed by atoms with Crippen LogP contribution < -0.4 is 14.8 Å². The van der Waals surface area contributed by atoms with Gasteiger partial charge in [0.05, 0.1) is 5.69 Å². The van der Waals surface area contributed by atoms with E-state index in [4.69, 9.17) is 32.7 Å². The van der Waals surface area contributed by atoms with Crippen molar-refractivity contribution >= 4 is 34.8 Å². The summed E-state index contributed by atoms with van der Waals surface area (Å²) in [7, 11) is 0. The third-order valence-corrected chi connectivity index (χ3v) is 3.74. The Morgan fingerprint density at radius 2 is 1.95 bits per heavy atom. The number of ether oxygens (including phenoxy) is 2. The molecule has 108 valence electrons. The van der Waals surface area contributed by atoms with Crippen LogP contribution in [0.4, 0.5) is 5.69 Å². The number of amides is 1. The van der Waals surface area contributed by atoms with Gasteiger partial charge >= 0.3 is 0 Å². The molecular formula is C15H11Cl2NO3. The Kier molecular flexibility index (Phi) is 3.90. The predicted molar refractivity (Wildman–Crippen MR) is 81.4 cm³/mol. The molecule has 1 aliphatic heterocycles. The van der Waals surface area contributed by atoms with E-state index in [9.17, 15) is 4.79 Å². The van der Waals surface area contributed by atoms with E-state index in [0.29, 0.717) is 27.2 Å². The Morgan fingerprint density at radius 3 is 2.71 bits per heavy atom. The first-order valence-corrected chi connectivity index (χ1v) is 7.01. The molecule has 1 amide bonds. The molecule has 0 unspecified atom stereocenters. The largest absolute Gasteiger partial charge is 0.489 e. The van der Waals surface area contributed by atoms with Crippen LogP contribution in [0.2, 0.25) is 10.0 Å². The van der Waals surface area contributed by atoms with Gasteiger partial charge in [0.2, 0.25) is 0 Å². The van der Waals surface area contributed by atoms with E-state index in [2.05, 4.69) is 5.32 Å². The number of carbonyl (C=O) groups excluding carboxylic acids is 1. The van der Waals surface area contributed by atoms with Crippen LogP contribution in [0.5, 0.6) is 11.5 Å². The number of carbonyl (C=O) groups is 1. The third-order valence-electron chi connectivity index (χ3n) is 3.03. The monoisotopic (exact) mass is 323 g/mol. The quantitative estimate of drug-likeness (QED) is 0.931. The lowest BCUT2D eigenvalue weighted by Crippen LogP contribution is -2.25. The lowest BCUT2D eigenvalue weighted by atomic mass is 10.2. The van der Waals surface area contributed by atoms with Crippen LogP contribution in [0.3, 0.4) is 0 Å². The first kappa shape index (κ1) is 14.0. The molecule has 0 saturated heterocycles. The smallest absolute Gasteiger partial charge is 0.262 e. The van der Waals surface area contributed by atoms with Gasteiger partial charge in [-0.3, -0.25) is 4.79 Å². The number of hydrogen-bond donors (Lipinski definition) is 1. The average molecular weight is 324 g/mol. The first-order valence-electron chi connectivity index (χ1n) is 6.26. The van der Waals surface area contributed by atoms with Gasteiger partial charge in [-0.05, 0) is 24.3 Å². The minimum absolute atomic E-state index is 0.0302. The number of benzene rings is 2. The molecule has 2 aromatic rings. The molecule has 21 heavy (non-hydrogen) atoms. The van der Waals surface area contributed by atoms with Crippen LogP contribution in [0.25, 0.3) is 0 Å². The van der Waals surface area contributed by atoms with E-state index in [-0.39, 0.29) is 19.1 Å². The molecule has 1 N–H and O–H groups in total. The highest BCUT2D eigenvalue weighted by molar-refractivity contribution is 6.35. The summed E-state index contributed by atoms with van der Waals surface area (Å²) in [5, 5.41) is 3.83. The SMILES string of the molecule is O=C1COc2ccc(OCc3c(Cl)cccc3Cl)cc2N1. The van der Waals surface area contributed by atoms with Crippen LogP contribution in [-0.4, -0.2) is 12.5 Å². The highest BCUT2D eigenvalue weighted by Gasteiger charge is 2.16. The maximum Gasteiger partial charge on any atom is 0.262 e. The Balaban J connectivity index is 1.77. The zero-order valence-electron chi connectivity index (χ0n) is 10.9. The number of hydrogen-bond acceptors (Lipinski definition) is 3. The van der Waals surface area contributed by atoms with Gasteiger partial charge < -0.3 is 14.8 Å². The molecule has 0 radical (unpaired) electrons. The number of fused-ring (bicyclic) bond motifs is 1. The summed E-state index contributed by atoms with van der Waals surface area (Å²) in [4.78, 5) is 11.3. The second-order valence-electron chi connectivity index (χ2n) is 4.48. The Morgan fingerprint density at radius 1 is 1.19 bits per heavy atom. The van der Waals surface area contributed by atoms with Gasteiger partial charge in [0.15, 0.2) is 6.61 Å². The van der Waals surface area contributed by atoms with Crippen molar-refractivity contribution in [3.63, 3.8) is 0 Å². The lowest BCUT2D eigenvalue weighted by Gasteiger charge is -2.18. The zero-order valence-corrected chi connectivity index (χ0v) is 12.4. The molecule has 3 rings (SSSR count). The second-order valence-corrected chi connectivity index (χ2v) is 5.30. The summed E-state index contributed by atoms with van der Waals surface area (Å²) < 4.78 is 11.0. The summed E-state index contributed by atoms with van der Waals surface area (Å²) >= 11 is 12.2. The van der Waals surface area contributed by atoms with Gasteiger partial charge in [-0.2, -0.15) is 0 Å². The first-order chi connectivity index (χ1) is 10.1. The zero-order chi connectivity index (χ0) is 14.8. The Labute approximate surface area is 131 Å². The minimum atomic E-state index is -0.186. The maximum atomic E-state index is 11.3. The maximum absolute atomic E-state index is 11.3. The van der Waals surface area contributed by atoms with Crippen LogP contribution in [0, 0.1) is 0 Å². The highest BCUT2D eigenvalue weighted by atomic mass is 35.5. The van der Waals surface area contributed by atoms with Crippen LogP contribution in [0.15, 0.2) is 36.4 Å². The van der Waals surface area contributed by atoms with Gasteiger partial charge in [-0.1, -0.05) is 29.3 Å². The van der Waals surface area contributed by atoms with Crippen molar-refractivity contribution in [1.29, 1.82) is 0 Å². The molecule has 1 aliphatic rings. The predicted octanol–water partition coefficient (Wildman–Crippen LogP) is 3.90. The van der Waals surface area contributed by atoms with Crippen molar-refractivity contribution in [1.82, 2.24) is 0 Å². The van der Waals surface area contributed by atoms with Gasteiger partial charge in [-0.15, -0.1) is 0 Å². The van der Waals surface area contributed by atoms with E-state index in [1.54, 1.807) is 36.4 Å². The molecule has 0 spiro atoms. The average Bonchev–Trinajstić information content (AvgIpc) is 2.46. The Hall–Kier alpha value is -1.91. The van der Waals surface area contributed by atoms with Gasteiger partial charge in [0.1, 0.15) is 18.1 Å². The molecule has 6 heteroatoms. The molecule has 1 heterocycles. The van der Waals surface area contributed by atoms with Crippen molar-refractivity contribution < 1.29 is 14.3 Å². The van der Waals surface area contributed by atoms with Crippen molar-refractivity contribution in [2.24, 2.45) is 0 Å². The topological polar surface area (TPSA) is 47.6 Å². The number of nitrogens with one attached hydrogen (secondary N) is 1. The fraction of sp³-hybridized carbons (Fsp3) is 0.133. The molecule has 0 aliphatic carbocycles. The molecule has 0 atom stereocenters. The summed E-state index contributed by atoms with van der Waals surface area (Å²) in [6.45, 7) is 0.272. The van der Waals surface area contributed by atoms with Crippen LogP contribution in [-0.2, 0) is 11.4 Å². The Bertz CT molecular complexity index is 683. The van der Waals surface area contributed by atoms with Gasteiger partial charge in [0, 0.05) is 21.7 Å². The van der Waals surface area contributed by atoms with Crippen LogP contribution in [0.1, 0.15) is 5.56 Å². The standard InChI is InChI=1S/C15H11Cl2NO3/c16-11-2-1-3-12(17)10(11)7-20-9-4-5-14-13(6-9)18-15(19)8-21-14/h1-6H,7-8H2,(H,18,19). The normalized spacial score (nSPS) is 13.1. The van der Waals surface area contributed by atoms with Crippen molar-refractivity contribution in [2.45, 2.75) is 6.61 Å². The molecule has 4 nitrogen and oxygen atoms in total. The molecule has 0 saturated carbocycles. The van der Waals surface area contributed by atoms with E-state index in [0.717, 1.165) is 5.56 Å². The number of halogens is 2. The summed E-state index contributed by atoms with van der Waals surface area (Å²) in [5.41, 5.74) is 1.31. The minimum Gasteiger partial charge on any atom is -0.489 e. The van der Waals surface area contributed by atoms with E-state index in [1.807, 2.05) is 0 Å². The molecular weight excluding hydrogens is 313 g/mol. The number of anilines is 1. The third kappa shape index (κ3) is 3.06. The summed E-state index contributed by atoms with van der Waals surface area (Å²) in [5.74, 6) is 1.03. The second kappa shape index (κ2) is 5.84. The fourth-order valence-electron chi connectivity index (χ4n) is 1.98. The van der Waals surface area contributed by atoms with Gasteiger partial charge in [0.25, 0.3) is 5.91 Å². The van der Waals surface area contributed by atoms with E-state index >= 15 is 0 Å². The van der Waals surface area contributed by atoms with Crippen molar-refractivity contribution in [3.05, 3.63) is 52.0 Å². The number of rotatable bonds is 3. The molecule has 0 fully saturated rings. The molecule has 0 bridgehead atoms. The summed E-state index contributed by atoms with van der Waals surface area (Å²) in [6.07, 6.45) is 0. The van der Waals surface area contributed by atoms with Crippen molar-refractivity contribution in [2.75, 3.05) is 11.9 Å². The van der Waals surface area contributed by atoms with Gasteiger partial charge in [-0.25, -0.2) is 0 Å². The molecule has 2 aromatic carbocycles. The molecule has 0 aromatic heterocycles. The fourth-order valence-corrected chi connectivity index (χ4v) is 2.48. The lowest BCUT2D eigenvalue weighted by molar-refractivity contribution is -0.118. The van der Waals surface area contributed by atoms with E-state index in [1.165, 1.54) is 0 Å². The highest BCUT2D eigenvalue weighted by Crippen LogP contribution is 2.32. The van der Waals surface area contributed by atoms with Crippen molar-refractivity contribution in [3.8, 4) is 11.5 Å².